The molecule has 0 radical (unpaired) electrons. The quantitative estimate of drug-likeness (QED) is 0.893. The SMILES string of the molecule is C[C@H](Nc1ccc(S(=O)(=O)C2CCCCC2)nn1)c1ccccc1. The standard InChI is InChI=1S/C18H23N3O2S/c1-14(15-8-4-2-5-9-15)19-17-12-13-18(21-20-17)24(22,23)16-10-6-3-7-11-16/h2,4-5,8-9,12-14,16H,3,6-7,10-11H2,1H3,(H,19,20)/t14-/m0/s1. The first-order valence-electron chi connectivity index (χ1n) is 8.46. The third-order valence-electron chi connectivity index (χ3n) is 4.59. The molecule has 1 heterocycles. The number of anilines is 1. The fourth-order valence-electron chi connectivity index (χ4n) is 3.14. The van der Waals surface area contributed by atoms with E-state index in [0.717, 1.165) is 37.7 Å². The van der Waals surface area contributed by atoms with Crippen LogP contribution in [0.2, 0.25) is 0 Å². The van der Waals surface area contributed by atoms with Gasteiger partial charge in [-0.15, -0.1) is 10.2 Å². The number of benzene rings is 1. The minimum absolute atomic E-state index is 0.0706. The first-order chi connectivity index (χ1) is 11.6. The second-order valence-corrected chi connectivity index (χ2v) is 8.51. The second-order valence-electron chi connectivity index (χ2n) is 6.34. The minimum Gasteiger partial charge on any atom is -0.362 e. The Morgan fingerprint density at radius 1 is 1.00 bits per heavy atom. The lowest BCUT2D eigenvalue weighted by Crippen LogP contribution is -2.25. The zero-order valence-corrected chi connectivity index (χ0v) is 14.7. The molecule has 1 aromatic carbocycles. The fourth-order valence-corrected chi connectivity index (χ4v) is 4.85. The third-order valence-corrected chi connectivity index (χ3v) is 6.74. The summed E-state index contributed by atoms with van der Waals surface area (Å²) in [6, 6.07) is 13.3. The molecule has 1 fully saturated rings. The number of hydrogen-bond acceptors (Lipinski definition) is 5. The van der Waals surface area contributed by atoms with E-state index < -0.39 is 9.84 Å². The monoisotopic (exact) mass is 345 g/mol. The van der Waals surface area contributed by atoms with Gasteiger partial charge in [-0.25, -0.2) is 8.42 Å². The predicted octanol–water partition coefficient (Wildman–Crippen LogP) is 3.76. The van der Waals surface area contributed by atoms with E-state index in [-0.39, 0.29) is 16.3 Å². The van der Waals surface area contributed by atoms with Gasteiger partial charge < -0.3 is 5.32 Å². The van der Waals surface area contributed by atoms with E-state index in [2.05, 4.69) is 15.5 Å². The van der Waals surface area contributed by atoms with Crippen molar-refractivity contribution in [2.45, 2.75) is 55.3 Å². The van der Waals surface area contributed by atoms with Crippen LogP contribution in [0, 0.1) is 0 Å². The number of rotatable bonds is 5. The van der Waals surface area contributed by atoms with Crippen LogP contribution in [-0.4, -0.2) is 23.9 Å². The molecule has 1 N–H and O–H groups in total. The Kier molecular flexibility index (Phi) is 5.14. The highest BCUT2D eigenvalue weighted by molar-refractivity contribution is 7.92. The second kappa shape index (κ2) is 7.30. The Hall–Kier alpha value is -1.95. The molecular formula is C18H23N3O2S. The molecule has 6 heteroatoms. The Morgan fingerprint density at radius 3 is 2.33 bits per heavy atom. The summed E-state index contributed by atoms with van der Waals surface area (Å²) in [4.78, 5) is 0. The van der Waals surface area contributed by atoms with E-state index in [4.69, 9.17) is 0 Å². The molecule has 1 saturated carbocycles. The normalized spacial score (nSPS) is 17.4. The van der Waals surface area contributed by atoms with Crippen molar-refractivity contribution in [2.24, 2.45) is 0 Å². The smallest absolute Gasteiger partial charge is 0.200 e. The van der Waals surface area contributed by atoms with Crippen molar-refractivity contribution in [1.82, 2.24) is 10.2 Å². The van der Waals surface area contributed by atoms with Crippen molar-refractivity contribution in [1.29, 1.82) is 0 Å². The van der Waals surface area contributed by atoms with Crippen molar-refractivity contribution in [3.05, 3.63) is 48.0 Å². The van der Waals surface area contributed by atoms with Crippen LogP contribution in [0.15, 0.2) is 47.5 Å². The van der Waals surface area contributed by atoms with Gasteiger partial charge in [-0.2, -0.15) is 0 Å². The van der Waals surface area contributed by atoms with Crippen molar-refractivity contribution in [2.75, 3.05) is 5.32 Å². The molecule has 3 rings (SSSR count). The lowest BCUT2D eigenvalue weighted by molar-refractivity contribution is 0.481. The van der Waals surface area contributed by atoms with Crippen LogP contribution < -0.4 is 5.32 Å². The van der Waals surface area contributed by atoms with Gasteiger partial charge in [0, 0.05) is 6.04 Å². The maximum atomic E-state index is 12.6. The first kappa shape index (κ1) is 16.9. The highest BCUT2D eigenvalue weighted by atomic mass is 32.2. The molecule has 0 aliphatic heterocycles. The summed E-state index contributed by atoms with van der Waals surface area (Å²) in [5, 5.41) is 11.1. The predicted molar refractivity (Wildman–Crippen MR) is 94.6 cm³/mol. The molecule has 128 valence electrons. The van der Waals surface area contributed by atoms with Crippen LogP contribution in [-0.2, 0) is 9.84 Å². The molecule has 1 atom stereocenters. The molecule has 2 aromatic rings. The molecule has 1 aromatic heterocycles. The van der Waals surface area contributed by atoms with Crippen LogP contribution >= 0.6 is 0 Å². The van der Waals surface area contributed by atoms with Crippen molar-refractivity contribution < 1.29 is 8.42 Å². The average molecular weight is 345 g/mol. The van der Waals surface area contributed by atoms with Gasteiger partial charge in [-0.05, 0) is 37.5 Å². The van der Waals surface area contributed by atoms with E-state index in [1.165, 1.54) is 0 Å². The summed E-state index contributed by atoms with van der Waals surface area (Å²) in [6.45, 7) is 2.03. The molecule has 0 saturated heterocycles. The summed E-state index contributed by atoms with van der Waals surface area (Å²) in [6.07, 6.45) is 4.54. The number of aromatic nitrogens is 2. The highest BCUT2D eigenvalue weighted by Gasteiger charge is 2.30. The van der Waals surface area contributed by atoms with Crippen LogP contribution in [0.3, 0.4) is 0 Å². The van der Waals surface area contributed by atoms with E-state index in [0.29, 0.717) is 5.82 Å². The van der Waals surface area contributed by atoms with E-state index in [1.807, 2.05) is 37.3 Å². The lowest BCUT2D eigenvalue weighted by Gasteiger charge is -2.21. The molecular weight excluding hydrogens is 322 g/mol. The van der Waals surface area contributed by atoms with Crippen LogP contribution in [0.1, 0.15) is 50.6 Å². The van der Waals surface area contributed by atoms with Crippen LogP contribution in [0.4, 0.5) is 5.82 Å². The maximum Gasteiger partial charge on any atom is 0.200 e. The lowest BCUT2D eigenvalue weighted by atomic mass is 10.0. The first-order valence-corrected chi connectivity index (χ1v) is 10.0. The van der Waals surface area contributed by atoms with Crippen molar-refractivity contribution >= 4 is 15.7 Å². The summed E-state index contributed by atoms with van der Waals surface area (Å²) < 4.78 is 25.2. The van der Waals surface area contributed by atoms with E-state index in [9.17, 15) is 8.42 Å². The fraction of sp³-hybridized carbons (Fsp3) is 0.444. The molecule has 0 amide bonds. The summed E-state index contributed by atoms with van der Waals surface area (Å²) in [5.74, 6) is 0.578. The molecule has 24 heavy (non-hydrogen) atoms. The molecule has 1 aliphatic rings. The Bertz CT molecular complexity index is 755. The zero-order valence-electron chi connectivity index (χ0n) is 13.9. The Labute approximate surface area is 143 Å². The van der Waals surface area contributed by atoms with E-state index in [1.54, 1.807) is 12.1 Å². The van der Waals surface area contributed by atoms with Gasteiger partial charge in [0.15, 0.2) is 14.9 Å². The number of nitrogens with zero attached hydrogens (tertiary/aromatic N) is 2. The van der Waals surface area contributed by atoms with Crippen LogP contribution in [0.5, 0.6) is 0 Å². The topological polar surface area (TPSA) is 72.0 Å². The van der Waals surface area contributed by atoms with Gasteiger partial charge in [0.1, 0.15) is 5.82 Å². The van der Waals surface area contributed by atoms with Crippen molar-refractivity contribution in [3.63, 3.8) is 0 Å². The summed E-state index contributed by atoms with van der Waals surface area (Å²) in [7, 11) is -3.36. The maximum absolute atomic E-state index is 12.6. The molecule has 0 unspecified atom stereocenters. The van der Waals surface area contributed by atoms with Gasteiger partial charge in [0.2, 0.25) is 0 Å². The molecule has 5 nitrogen and oxygen atoms in total. The van der Waals surface area contributed by atoms with Crippen molar-refractivity contribution in [3.8, 4) is 0 Å². The number of nitrogens with one attached hydrogen (secondary N) is 1. The van der Waals surface area contributed by atoms with Gasteiger partial charge in [-0.1, -0.05) is 49.6 Å². The molecule has 1 aliphatic carbocycles. The largest absolute Gasteiger partial charge is 0.362 e. The average Bonchev–Trinajstić information content (AvgIpc) is 2.63. The zero-order chi connectivity index (χ0) is 17.0. The van der Waals surface area contributed by atoms with Crippen LogP contribution in [0.25, 0.3) is 0 Å². The van der Waals surface area contributed by atoms with Gasteiger partial charge in [0.25, 0.3) is 0 Å². The number of hydrogen-bond donors (Lipinski definition) is 1. The third kappa shape index (κ3) is 3.75. The highest BCUT2D eigenvalue weighted by Crippen LogP contribution is 2.28. The minimum atomic E-state index is -3.36. The van der Waals surface area contributed by atoms with Gasteiger partial charge in [0.05, 0.1) is 5.25 Å². The molecule has 0 spiro atoms. The summed E-state index contributed by atoms with van der Waals surface area (Å²) >= 11 is 0. The summed E-state index contributed by atoms with van der Waals surface area (Å²) in [5.41, 5.74) is 1.14. The van der Waals surface area contributed by atoms with E-state index >= 15 is 0 Å². The Balaban J connectivity index is 1.71. The van der Waals surface area contributed by atoms with Gasteiger partial charge >= 0.3 is 0 Å². The Morgan fingerprint density at radius 2 is 1.71 bits per heavy atom. The molecule has 0 bridgehead atoms. The number of sulfone groups is 1. The van der Waals surface area contributed by atoms with Gasteiger partial charge in [-0.3, -0.25) is 0 Å².